The number of carbonyl (C=O) groups excluding carboxylic acids is 1. The van der Waals surface area contributed by atoms with Gasteiger partial charge in [0.1, 0.15) is 21.3 Å². The topological polar surface area (TPSA) is 75.5 Å². The maximum absolute atomic E-state index is 12.4. The molecule has 2 aromatic heterocycles. The summed E-state index contributed by atoms with van der Waals surface area (Å²) in [5.41, 5.74) is 1.57. The van der Waals surface area contributed by atoms with Crippen molar-refractivity contribution in [1.29, 1.82) is 0 Å². The third-order valence-electron chi connectivity index (χ3n) is 3.83. The minimum atomic E-state index is -0.380. The van der Waals surface area contributed by atoms with E-state index in [1.165, 1.54) is 11.3 Å². The maximum atomic E-state index is 12.4. The molecule has 1 N–H and O–H groups in total. The van der Waals surface area contributed by atoms with Crippen molar-refractivity contribution in [2.45, 2.75) is 26.9 Å². The Morgan fingerprint density at radius 2 is 1.92 bits per heavy atom. The maximum Gasteiger partial charge on any atom is 0.348 e. The van der Waals surface area contributed by atoms with Crippen molar-refractivity contribution >= 4 is 50.6 Å². The minimum Gasteiger partial charge on any atom is -0.508 e. The summed E-state index contributed by atoms with van der Waals surface area (Å²) < 4.78 is 5.32. The molecule has 0 aliphatic rings. The molecule has 0 fully saturated rings. The highest BCUT2D eigenvalue weighted by Crippen LogP contribution is 2.38. The first kappa shape index (κ1) is 18.4. The molecule has 3 rings (SSSR count). The average Bonchev–Trinajstić information content (AvgIpc) is 2.90. The highest BCUT2D eigenvalue weighted by molar-refractivity contribution is 7.20. The Morgan fingerprint density at radius 3 is 2.54 bits per heavy atom. The van der Waals surface area contributed by atoms with E-state index in [-0.39, 0.29) is 23.1 Å². The molecular formula is C18H18ClN3O3S. The van der Waals surface area contributed by atoms with Gasteiger partial charge in [0.25, 0.3) is 0 Å². The molecule has 0 amide bonds. The molecule has 0 aliphatic heterocycles. The zero-order chi connectivity index (χ0) is 19.0. The Kier molecular flexibility index (Phi) is 5.02. The molecule has 0 atom stereocenters. The smallest absolute Gasteiger partial charge is 0.348 e. The number of aromatic hydroxyl groups is 1. The first-order chi connectivity index (χ1) is 12.3. The number of aryl methyl sites for hydroxylation is 1. The SMILES string of the molecule is Cc1c(C(=O)OC(C)C)sc2nc(Cl)nc(N(C)c3ccc(O)cc3)c12. The fourth-order valence-electron chi connectivity index (χ4n) is 2.60. The number of phenolic OH excluding ortho intramolecular Hbond substituents is 1. The van der Waals surface area contributed by atoms with Gasteiger partial charge in [-0.25, -0.2) is 9.78 Å². The van der Waals surface area contributed by atoms with E-state index in [9.17, 15) is 9.90 Å². The number of fused-ring (bicyclic) bond motifs is 1. The number of benzene rings is 1. The second-order valence-corrected chi connectivity index (χ2v) is 7.42. The largest absolute Gasteiger partial charge is 0.508 e. The van der Waals surface area contributed by atoms with Gasteiger partial charge >= 0.3 is 5.97 Å². The number of hydrogen-bond acceptors (Lipinski definition) is 7. The third kappa shape index (κ3) is 3.45. The van der Waals surface area contributed by atoms with Crippen molar-refractivity contribution in [3.8, 4) is 5.75 Å². The molecule has 8 heteroatoms. The van der Waals surface area contributed by atoms with E-state index in [1.54, 1.807) is 38.1 Å². The first-order valence-corrected chi connectivity index (χ1v) is 9.17. The lowest BCUT2D eigenvalue weighted by atomic mass is 10.2. The van der Waals surface area contributed by atoms with E-state index in [4.69, 9.17) is 16.3 Å². The monoisotopic (exact) mass is 391 g/mol. The molecule has 0 saturated heterocycles. The Bertz CT molecular complexity index is 970. The van der Waals surface area contributed by atoms with Gasteiger partial charge in [0.05, 0.1) is 11.5 Å². The van der Waals surface area contributed by atoms with E-state index in [0.717, 1.165) is 16.6 Å². The van der Waals surface area contributed by atoms with Crippen LogP contribution < -0.4 is 4.90 Å². The van der Waals surface area contributed by atoms with E-state index in [2.05, 4.69) is 9.97 Å². The van der Waals surface area contributed by atoms with Crippen LogP contribution in [-0.2, 0) is 4.74 Å². The molecule has 3 aromatic rings. The lowest BCUT2D eigenvalue weighted by Crippen LogP contribution is -2.13. The summed E-state index contributed by atoms with van der Waals surface area (Å²) in [6.45, 7) is 5.46. The van der Waals surface area contributed by atoms with Crippen molar-refractivity contribution in [1.82, 2.24) is 9.97 Å². The number of rotatable bonds is 4. The molecule has 6 nitrogen and oxygen atoms in total. The van der Waals surface area contributed by atoms with E-state index in [0.29, 0.717) is 15.5 Å². The highest BCUT2D eigenvalue weighted by atomic mass is 35.5. The summed E-state index contributed by atoms with van der Waals surface area (Å²) in [7, 11) is 1.84. The quantitative estimate of drug-likeness (QED) is 0.513. The predicted molar refractivity (Wildman–Crippen MR) is 104 cm³/mol. The Morgan fingerprint density at radius 1 is 1.27 bits per heavy atom. The number of phenols is 1. The minimum absolute atomic E-state index is 0.100. The van der Waals surface area contributed by atoms with Crippen LogP contribution in [0.5, 0.6) is 5.75 Å². The van der Waals surface area contributed by atoms with Crippen LogP contribution in [0.1, 0.15) is 29.1 Å². The third-order valence-corrected chi connectivity index (χ3v) is 5.16. The molecule has 0 aliphatic carbocycles. The second kappa shape index (κ2) is 7.09. The zero-order valence-electron chi connectivity index (χ0n) is 14.8. The summed E-state index contributed by atoms with van der Waals surface area (Å²) in [6.07, 6.45) is -0.207. The number of esters is 1. The summed E-state index contributed by atoms with van der Waals surface area (Å²) in [5.74, 6) is 0.386. The van der Waals surface area contributed by atoms with Crippen molar-refractivity contribution in [3.05, 3.63) is 40.0 Å². The molecule has 0 saturated carbocycles. The number of carbonyl (C=O) groups is 1. The Hall–Kier alpha value is -2.38. The van der Waals surface area contributed by atoms with E-state index >= 15 is 0 Å². The van der Waals surface area contributed by atoms with Gasteiger partial charge in [-0.1, -0.05) is 0 Å². The molecule has 26 heavy (non-hydrogen) atoms. The molecule has 136 valence electrons. The molecule has 0 radical (unpaired) electrons. The van der Waals surface area contributed by atoms with Crippen molar-refractivity contribution in [3.63, 3.8) is 0 Å². The van der Waals surface area contributed by atoms with Crippen molar-refractivity contribution < 1.29 is 14.6 Å². The fourth-order valence-corrected chi connectivity index (χ4v) is 3.87. The van der Waals surface area contributed by atoms with Gasteiger partial charge in [0.2, 0.25) is 5.28 Å². The lowest BCUT2D eigenvalue weighted by Gasteiger charge is -2.19. The van der Waals surface area contributed by atoms with Gasteiger partial charge < -0.3 is 14.7 Å². The van der Waals surface area contributed by atoms with Crippen LogP contribution in [0.25, 0.3) is 10.2 Å². The number of nitrogens with zero attached hydrogens (tertiary/aromatic N) is 3. The lowest BCUT2D eigenvalue weighted by molar-refractivity contribution is 0.0383. The molecule has 2 heterocycles. The Labute approximate surface area is 160 Å². The molecule has 0 spiro atoms. The number of anilines is 2. The summed E-state index contributed by atoms with van der Waals surface area (Å²) in [4.78, 5) is 24.0. The van der Waals surface area contributed by atoms with Crippen LogP contribution in [0.4, 0.5) is 11.5 Å². The number of ether oxygens (including phenoxy) is 1. The van der Waals surface area contributed by atoms with Crippen LogP contribution in [0.15, 0.2) is 24.3 Å². The molecule has 0 unspecified atom stereocenters. The Balaban J connectivity index is 2.14. The van der Waals surface area contributed by atoms with Gasteiger partial charge in [0.15, 0.2) is 0 Å². The van der Waals surface area contributed by atoms with E-state index in [1.807, 2.05) is 18.9 Å². The van der Waals surface area contributed by atoms with Gasteiger partial charge in [0, 0.05) is 12.7 Å². The molecule has 0 bridgehead atoms. The van der Waals surface area contributed by atoms with E-state index < -0.39 is 0 Å². The van der Waals surface area contributed by atoms with Crippen LogP contribution in [0, 0.1) is 6.92 Å². The molecule has 1 aromatic carbocycles. The highest BCUT2D eigenvalue weighted by Gasteiger charge is 2.23. The molecular weight excluding hydrogens is 374 g/mol. The summed E-state index contributed by atoms with van der Waals surface area (Å²) in [5, 5.41) is 10.3. The number of hydrogen-bond donors (Lipinski definition) is 1. The average molecular weight is 392 g/mol. The summed E-state index contributed by atoms with van der Waals surface area (Å²) in [6, 6.07) is 6.73. The van der Waals surface area contributed by atoms with Gasteiger partial charge in [-0.05, 0) is 62.2 Å². The van der Waals surface area contributed by atoms with Crippen LogP contribution in [0.3, 0.4) is 0 Å². The fraction of sp³-hybridized carbons (Fsp3) is 0.278. The first-order valence-electron chi connectivity index (χ1n) is 7.98. The number of aromatic nitrogens is 2. The van der Waals surface area contributed by atoms with Gasteiger partial charge in [-0.2, -0.15) is 4.98 Å². The van der Waals surface area contributed by atoms with Crippen LogP contribution in [-0.4, -0.2) is 34.2 Å². The van der Waals surface area contributed by atoms with Crippen LogP contribution in [0.2, 0.25) is 5.28 Å². The summed E-state index contributed by atoms with van der Waals surface area (Å²) >= 11 is 7.35. The number of halogens is 1. The van der Waals surface area contributed by atoms with Gasteiger partial charge in [-0.15, -0.1) is 11.3 Å². The predicted octanol–water partition coefficient (Wildman–Crippen LogP) is 4.69. The van der Waals surface area contributed by atoms with Crippen LogP contribution >= 0.6 is 22.9 Å². The van der Waals surface area contributed by atoms with Crippen molar-refractivity contribution in [2.24, 2.45) is 0 Å². The number of thiophene rings is 1. The standard InChI is InChI=1S/C18H18ClN3O3S/c1-9(2)25-17(24)14-10(3)13-15(20-18(19)21-16(13)26-14)22(4)11-5-7-12(23)8-6-11/h5-9,23H,1-4H3. The van der Waals surface area contributed by atoms with Gasteiger partial charge in [-0.3, -0.25) is 0 Å². The van der Waals surface area contributed by atoms with Crippen molar-refractivity contribution in [2.75, 3.05) is 11.9 Å². The zero-order valence-corrected chi connectivity index (χ0v) is 16.4. The second-order valence-electron chi connectivity index (χ2n) is 6.08. The normalized spacial score (nSPS) is 11.2.